The van der Waals surface area contributed by atoms with Gasteiger partial charge in [-0.15, -0.1) is 0 Å². The van der Waals surface area contributed by atoms with Gasteiger partial charge >= 0.3 is 5.97 Å². The number of likely N-dealkylation sites (tertiary alicyclic amines) is 1. The number of esters is 1. The minimum Gasteiger partial charge on any atom is -0.457 e. The third-order valence-corrected chi connectivity index (χ3v) is 5.93. The number of hydrogen-bond donors (Lipinski definition) is 4. The molecule has 11 N–H and O–H groups in total. The summed E-state index contributed by atoms with van der Waals surface area (Å²) in [6, 6.07) is 0. The Morgan fingerprint density at radius 3 is 1.77 bits per heavy atom. The van der Waals surface area contributed by atoms with Crippen LogP contribution in [-0.2, 0) is 29.4 Å². The number of hydrogen-bond acceptors (Lipinski definition) is 8. The lowest BCUT2D eigenvalue weighted by Gasteiger charge is -2.29. The van der Waals surface area contributed by atoms with Gasteiger partial charge in [0.1, 0.15) is 17.3 Å². The number of nitrogens with two attached hydrogens (primary N) is 2. The van der Waals surface area contributed by atoms with Gasteiger partial charge < -0.3 is 47.3 Å². The van der Waals surface area contributed by atoms with E-state index in [1.165, 1.54) is 32.6 Å². The fourth-order valence-electron chi connectivity index (χ4n) is 3.24. The first-order chi connectivity index (χ1) is 19.4. The highest BCUT2D eigenvalue weighted by atomic mass is 16.5. The molecule has 0 saturated carbocycles. The van der Waals surface area contributed by atoms with Crippen molar-refractivity contribution in [3.8, 4) is 0 Å². The molecule has 258 valence electrons. The van der Waals surface area contributed by atoms with Gasteiger partial charge in [0.25, 0.3) is 0 Å². The number of carbonyl (C=O) groups is 4. The third-order valence-electron chi connectivity index (χ3n) is 5.93. The topological polar surface area (TPSA) is 230 Å². The molecular weight excluding hydrogens is 556 g/mol. The number of carbonyl (C=O) groups excluding carboxylic acids is 4. The zero-order valence-electron chi connectivity index (χ0n) is 28.3. The van der Waals surface area contributed by atoms with Gasteiger partial charge in [-0.05, 0) is 65.6 Å². The summed E-state index contributed by atoms with van der Waals surface area (Å²) in [7, 11) is 0. The number of Topliss-reactive ketones (excluding diaryl/α,β-unsaturated/α-hetero) is 1. The Morgan fingerprint density at radius 2 is 1.49 bits per heavy atom. The highest BCUT2D eigenvalue weighted by molar-refractivity contribution is 5.83. The molecule has 43 heavy (non-hydrogen) atoms. The summed E-state index contributed by atoms with van der Waals surface area (Å²) in [5, 5.41) is 12.5. The molecule has 2 aliphatic heterocycles. The fourth-order valence-corrected chi connectivity index (χ4v) is 3.24. The average Bonchev–Trinajstić information content (AvgIpc) is 3.43. The highest BCUT2D eigenvalue weighted by Gasteiger charge is 2.38. The van der Waals surface area contributed by atoms with E-state index in [9.17, 15) is 24.3 Å². The largest absolute Gasteiger partial charge is 0.457 e. The van der Waals surface area contributed by atoms with Crippen LogP contribution in [0.2, 0.25) is 0 Å². The normalized spacial score (nSPS) is 16.0. The summed E-state index contributed by atoms with van der Waals surface area (Å²) in [6.07, 6.45) is 12.9. The number of nitrogens with zero attached hydrogens (tertiary/aromatic N) is 1. The molecule has 1 saturated heterocycles. The second-order valence-corrected chi connectivity index (χ2v) is 10.3. The minimum atomic E-state index is -0.883. The Morgan fingerprint density at radius 1 is 0.977 bits per heavy atom. The van der Waals surface area contributed by atoms with Gasteiger partial charge in [0, 0.05) is 38.8 Å². The van der Waals surface area contributed by atoms with Crippen molar-refractivity contribution in [2.24, 2.45) is 11.5 Å². The number of unbranched alkanes of at least 4 members (excludes halogenated alkanes) is 4. The molecule has 0 radical (unpaired) electrons. The van der Waals surface area contributed by atoms with E-state index in [-0.39, 0.29) is 34.5 Å². The van der Waals surface area contributed by atoms with Crippen LogP contribution in [0.1, 0.15) is 132 Å². The maximum atomic E-state index is 11.3. The van der Waals surface area contributed by atoms with Crippen LogP contribution in [-0.4, -0.2) is 71.0 Å². The van der Waals surface area contributed by atoms with Crippen LogP contribution >= 0.6 is 0 Å². The fraction of sp³-hybridized carbons (Fsp3) is 0.806. The average molecular weight is 624 g/mol. The Hall–Kier alpha value is -2.38. The van der Waals surface area contributed by atoms with Crippen LogP contribution in [0.25, 0.3) is 0 Å². The van der Waals surface area contributed by atoms with Crippen LogP contribution in [0.15, 0.2) is 11.8 Å². The molecule has 0 aromatic carbocycles. The lowest BCUT2D eigenvalue weighted by atomic mass is 10.2. The van der Waals surface area contributed by atoms with E-state index in [4.69, 9.17) is 11.5 Å². The molecule has 0 aromatic rings. The molecule has 2 rings (SSSR count). The Kier molecular flexibility index (Phi) is 39.9. The molecule has 2 aliphatic rings. The molecule has 0 aromatic heterocycles. The minimum absolute atomic E-state index is 0. The summed E-state index contributed by atoms with van der Waals surface area (Å²) in [5.74, 6) is 0.732. The van der Waals surface area contributed by atoms with Gasteiger partial charge in [-0.25, -0.2) is 0 Å². The standard InChI is InChI=1S/2C9H17NO2.C5H6O2.2C4H11N.2H2O/c1-3-4-7-10-8(11)5-6-9(10,2)12;1-3-4-7-10-9(12)6-5-8(2)11;1-4-2-3-5(6)7-4;2*1-2-3-4-5;;/h12H,3-7H2,1-2H3;3-7H2,1-2H3,(H,10,12);2H,3H2,1H3;2*2-5H2,1H3;2*1H2/p+1. The van der Waals surface area contributed by atoms with E-state index < -0.39 is 5.72 Å². The van der Waals surface area contributed by atoms with Crippen molar-refractivity contribution in [1.82, 2.24) is 10.2 Å². The molecule has 1 fully saturated rings. The summed E-state index contributed by atoms with van der Waals surface area (Å²) < 4.78 is 4.58. The Balaban J connectivity index is -0.000000145. The van der Waals surface area contributed by atoms with Crippen molar-refractivity contribution in [2.45, 2.75) is 138 Å². The van der Waals surface area contributed by atoms with Crippen LogP contribution in [0.5, 0.6) is 0 Å². The molecular formula is C31H67N4O8+. The summed E-state index contributed by atoms with van der Waals surface area (Å²) in [4.78, 5) is 44.5. The third kappa shape index (κ3) is 34.0. The molecule has 1 atom stereocenters. The quantitative estimate of drug-likeness (QED) is 0.135. The van der Waals surface area contributed by atoms with Crippen molar-refractivity contribution in [2.75, 3.05) is 26.2 Å². The van der Waals surface area contributed by atoms with E-state index in [0.29, 0.717) is 38.6 Å². The SMILES string of the molecule is CC1=CCC(=O)O1.CCCCN.CCCCN.CCCCN1C(=O)CCC1(C)O.CCCCNC(=O)CCC(C)=O.O.[OH3+]. The van der Waals surface area contributed by atoms with Gasteiger partial charge in [0.15, 0.2) is 0 Å². The maximum Gasteiger partial charge on any atom is 0.314 e. The monoisotopic (exact) mass is 623 g/mol. The number of ether oxygens (including phenoxy) is 1. The number of allylic oxidation sites excluding steroid dienone is 1. The molecule has 2 amide bonds. The predicted octanol–water partition coefficient (Wildman–Crippen LogP) is 2.97. The van der Waals surface area contributed by atoms with E-state index in [1.807, 2.05) is 0 Å². The first kappa shape index (κ1) is 50.3. The zero-order chi connectivity index (χ0) is 32.1. The van der Waals surface area contributed by atoms with Crippen LogP contribution in [0.4, 0.5) is 0 Å². The lowest BCUT2D eigenvalue weighted by molar-refractivity contribution is -0.142. The highest BCUT2D eigenvalue weighted by Crippen LogP contribution is 2.27. The number of rotatable bonds is 13. The van der Waals surface area contributed by atoms with Gasteiger partial charge in [-0.2, -0.15) is 0 Å². The number of ketones is 1. The number of cyclic esters (lactones) is 1. The molecule has 12 nitrogen and oxygen atoms in total. The predicted molar refractivity (Wildman–Crippen MR) is 175 cm³/mol. The van der Waals surface area contributed by atoms with Crippen molar-refractivity contribution >= 4 is 23.6 Å². The Labute approximate surface area is 261 Å². The molecule has 2 heterocycles. The van der Waals surface area contributed by atoms with Crippen molar-refractivity contribution in [3.63, 3.8) is 0 Å². The first-order valence-electron chi connectivity index (χ1n) is 15.4. The first-order valence-corrected chi connectivity index (χ1v) is 15.4. The van der Waals surface area contributed by atoms with E-state index in [1.54, 1.807) is 24.8 Å². The van der Waals surface area contributed by atoms with Crippen molar-refractivity contribution < 1.29 is 40.0 Å². The summed E-state index contributed by atoms with van der Waals surface area (Å²) >= 11 is 0. The van der Waals surface area contributed by atoms with Crippen LogP contribution < -0.4 is 16.8 Å². The number of amides is 2. The molecule has 0 bridgehead atoms. The maximum absolute atomic E-state index is 11.3. The summed E-state index contributed by atoms with van der Waals surface area (Å²) in [6.45, 7) is 16.5. The smallest absolute Gasteiger partial charge is 0.314 e. The second kappa shape index (κ2) is 34.1. The molecule has 0 spiro atoms. The van der Waals surface area contributed by atoms with Crippen LogP contribution in [0, 0.1) is 0 Å². The molecule has 12 heteroatoms. The zero-order valence-corrected chi connectivity index (χ0v) is 28.3. The van der Waals surface area contributed by atoms with E-state index >= 15 is 0 Å². The van der Waals surface area contributed by atoms with Gasteiger partial charge in [0.05, 0.1) is 6.42 Å². The van der Waals surface area contributed by atoms with Gasteiger partial charge in [-0.1, -0.05) is 53.4 Å². The van der Waals surface area contributed by atoms with E-state index in [2.05, 4.69) is 37.7 Å². The van der Waals surface area contributed by atoms with Gasteiger partial charge in [-0.3, -0.25) is 14.4 Å². The van der Waals surface area contributed by atoms with Crippen LogP contribution in [0.3, 0.4) is 0 Å². The van der Waals surface area contributed by atoms with E-state index in [0.717, 1.165) is 51.1 Å². The van der Waals surface area contributed by atoms with Crippen molar-refractivity contribution in [3.05, 3.63) is 11.8 Å². The molecule has 0 aliphatic carbocycles. The number of nitrogens with one attached hydrogen (secondary N) is 1. The van der Waals surface area contributed by atoms with Gasteiger partial charge in [0.2, 0.25) is 11.8 Å². The van der Waals surface area contributed by atoms with Crippen molar-refractivity contribution in [1.29, 1.82) is 0 Å². The summed E-state index contributed by atoms with van der Waals surface area (Å²) in [5.41, 5.74) is 9.40. The number of aliphatic hydroxyl groups is 1. The second-order valence-electron chi connectivity index (χ2n) is 10.3. The molecule has 1 unspecified atom stereocenters. The Bertz CT molecular complexity index is 721. The lowest BCUT2D eigenvalue weighted by Crippen LogP contribution is -2.43.